The lowest BCUT2D eigenvalue weighted by atomic mass is 10.2. The zero-order valence-corrected chi connectivity index (χ0v) is 18.1. The number of ether oxygens (including phenoxy) is 1. The molecular weight excluding hydrogens is 424 g/mol. The molecule has 7 nitrogen and oxygen atoms in total. The quantitative estimate of drug-likeness (QED) is 0.558. The maximum atomic E-state index is 14.1. The first kappa shape index (κ1) is 23.0. The predicted molar refractivity (Wildman–Crippen MR) is 111 cm³/mol. The topological polar surface area (TPSA) is 63.5 Å². The molecule has 0 spiro atoms. The van der Waals surface area contributed by atoms with Crippen molar-refractivity contribution in [2.24, 2.45) is 7.05 Å². The predicted octanol–water partition coefficient (Wildman–Crippen LogP) is 3.34. The SMILES string of the molecule is COc1nn(C)cc1C(=O)N(CCCN(C)C)c1nc2c(F)cc(F)cc2s1.Cl. The summed E-state index contributed by atoms with van der Waals surface area (Å²) in [4.78, 5) is 20.9. The van der Waals surface area contributed by atoms with Crippen LogP contribution >= 0.6 is 23.7 Å². The molecule has 0 saturated carbocycles. The van der Waals surface area contributed by atoms with Gasteiger partial charge in [-0.25, -0.2) is 13.8 Å². The van der Waals surface area contributed by atoms with E-state index < -0.39 is 11.6 Å². The first-order valence-corrected chi connectivity index (χ1v) is 9.41. The third-order valence-electron chi connectivity index (χ3n) is 4.08. The minimum absolute atomic E-state index is 0. The number of anilines is 1. The molecule has 2 heterocycles. The second-order valence-electron chi connectivity index (χ2n) is 6.57. The van der Waals surface area contributed by atoms with Crippen LogP contribution in [0, 0.1) is 11.6 Å². The van der Waals surface area contributed by atoms with Crippen LogP contribution in [0.2, 0.25) is 0 Å². The molecule has 0 aliphatic carbocycles. The van der Waals surface area contributed by atoms with Gasteiger partial charge in [-0.2, -0.15) is 0 Å². The van der Waals surface area contributed by atoms with Crippen LogP contribution in [0.15, 0.2) is 18.3 Å². The number of aromatic nitrogens is 3. The highest BCUT2D eigenvalue weighted by Gasteiger charge is 2.26. The van der Waals surface area contributed by atoms with Gasteiger partial charge in [0.2, 0.25) is 5.88 Å². The van der Waals surface area contributed by atoms with Crippen LogP contribution in [-0.2, 0) is 7.05 Å². The van der Waals surface area contributed by atoms with Crippen LogP contribution in [0.25, 0.3) is 10.2 Å². The first-order valence-electron chi connectivity index (χ1n) is 8.60. The van der Waals surface area contributed by atoms with Gasteiger partial charge < -0.3 is 9.64 Å². The Bertz CT molecular complexity index is 1010. The summed E-state index contributed by atoms with van der Waals surface area (Å²) in [5, 5.41) is 4.42. The van der Waals surface area contributed by atoms with Crippen molar-refractivity contribution in [1.82, 2.24) is 19.7 Å². The molecule has 158 valence electrons. The summed E-state index contributed by atoms with van der Waals surface area (Å²) in [5.74, 6) is -1.59. The van der Waals surface area contributed by atoms with E-state index in [9.17, 15) is 13.6 Å². The molecule has 0 radical (unpaired) electrons. The lowest BCUT2D eigenvalue weighted by Gasteiger charge is -2.20. The lowest BCUT2D eigenvalue weighted by Crippen LogP contribution is -2.33. The fourth-order valence-corrected chi connectivity index (χ4v) is 3.83. The van der Waals surface area contributed by atoms with E-state index in [2.05, 4.69) is 10.1 Å². The molecule has 0 bridgehead atoms. The number of fused-ring (bicyclic) bond motifs is 1. The average Bonchev–Trinajstić information content (AvgIpc) is 3.21. The Morgan fingerprint density at radius 3 is 2.66 bits per heavy atom. The summed E-state index contributed by atoms with van der Waals surface area (Å²) in [7, 11) is 7.00. The molecule has 0 saturated heterocycles. The number of benzene rings is 1. The van der Waals surface area contributed by atoms with E-state index in [4.69, 9.17) is 4.74 Å². The van der Waals surface area contributed by atoms with E-state index >= 15 is 0 Å². The third kappa shape index (κ3) is 5.01. The van der Waals surface area contributed by atoms with Gasteiger partial charge in [-0.05, 0) is 33.1 Å². The van der Waals surface area contributed by atoms with E-state index in [1.54, 1.807) is 13.2 Å². The fraction of sp³-hybridized carbons (Fsp3) is 0.389. The lowest BCUT2D eigenvalue weighted by molar-refractivity contribution is 0.0983. The van der Waals surface area contributed by atoms with Gasteiger partial charge in [0, 0.05) is 25.9 Å². The van der Waals surface area contributed by atoms with Gasteiger partial charge in [0.1, 0.15) is 16.9 Å². The summed E-state index contributed by atoms with van der Waals surface area (Å²) in [6, 6.07) is 2.00. The molecule has 0 N–H and O–H groups in total. The number of rotatable bonds is 7. The molecule has 2 aromatic heterocycles. The van der Waals surface area contributed by atoms with Gasteiger partial charge in [-0.15, -0.1) is 17.5 Å². The molecule has 0 aliphatic rings. The number of amides is 1. The van der Waals surface area contributed by atoms with E-state index in [-0.39, 0.29) is 35.3 Å². The number of aryl methyl sites for hydroxylation is 1. The highest BCUT2D eigenvalue weighted by molar-refractivity contribution is 7.22. The Morgan fingerprint density at radius 1 is 1.28 bits per heavy atom. The van der Waals surface area contributed by atoms with E-state index in [0.29, 0.717) is 22.8 Å². The van der Waals surface area contributed by atoms with Crippen molar-refractivity contribution in [1.29, 1.82) is 0 Å². The van der Waals surface area contributed by atoms with Gasteiger partial charge in [-0.1, -0.05) is 11.3 Å². The summed E-state index contributed by atoms with van der Waals surface area (Å²) < 4.78 is 34.7. The first-order chi connectivity index (χ1) is 13.3. The van der Waals surface area contributed by atoms with Crippen molar-refractivity contribution < 1.29 is 18.3 Å². The number of carbonyl (C=O) groups excluding carboxylic acids is 1. The second-order valence-corrected chi connectivity index (χ2v) is 7.58. The number of hydrogen-bond donors (Lipinski definition) is 0. The van der Waals surface area contributed by atoms with Gasteiger partial charge in [-0.3, -0.25) is 14.4 Å². The van der Waals surface area contributed by atoms with Crippen LogP contribution in [0.1, 0.15) is 16.8 Å². The van der Waals surface area contributed by atoms with Crippen LogP contribution < -0.4 is 9.64 Å². The highest BCUT2D eigenvalue weighted by Crippen LogP contribution is 2.32. The minimum Gasteiger partial charge on any atom is -0.479 e. The van der Waals surface area contributed by atoms with Crippen LogP contribution in [-0.4, -0.2) is 59.9 Å². The minimum atomic E-state index is -0.753. The summed E-state index contributed by atoms with van der Waals surface area (Å²) in [6.45, 7) is 1.11. The van der Waals surface area contributed by atoms with Crippen LogP contribution in [0.3, 0.4) is 0 Å². The Labute approximate surface area is 177 Å². The molecule has 1 aromatic carbocycles. The molecule has 0 aliphatic heterocycles. The summed E-state index contributed by atoms with van der Waals surface area (Å²) in [5.41, 5.74) is 0.325. The number of thiazole rings is 1. The summed E-state index contributed by atoms with van der Waals surface area (Å²) >= 11 is 1.07. The second kappa shape index (κ2) is 9.47. The number of halogens is 3. The van der Waals surface area contributed by atoms with Gasteiger partial charge in [0.15, 0.2) is 10.9 Å². The van der Waals surface area contributed by atoms with Crippen molar-refractivity contribution >= 4 is 45.0 Å². The highest BCUT2D eigenvalue weighted by atomic mass is 35.5. The van der Waals surface area contributed by atoms with Crippen molar-refractivity contribution in [3.05, 3.63) is 35.5 Å². The van der Waals surface area contributed by atoms with E-state index in [0.717, 1.165) is 23.9 Å². The largest absolute Gasteiger partial charge is 0.479 e. The maximum absolute atomic E-state index is 14.1. The van der Waals surface area contributed by atoms with Crippen molar-refractivity contribution in [3.8, 4) is 5.88 Å². The maximum Gasteiger partial charge on any atom is 0.267 e. The molecule has 0 atom stereocenters. The number of methoxy groups -OCH3 is 1. The van der Waals surface area contributed by atoms with Crippen LogP contribution in [0.4, 0.5) is 13.9 Å². The Balaban J connectivity index is 0.00000300. The fourth-order valence-electron chi connectivity index (χ4n) is 2.80. The third-order valence-corrected chi connectivity index (χ3v) is 5.11. The van der Waals surface area contributed by atoms with Crippen molar-refractivity contribution in [2.75, 3.05) is 39.2 Å². The molecular formula is C18H22ClF2N5O2S. The molecule has 1 amide bonds. The molecule has 29 heavy (non-hydrogen) atoms. The van der Waals surface area contributed by atoms with Gasteiger partial charge in [0.05, 0.1) is 11.8 Å². The molecule has 0 unspecified atom stereocenters. The van der Waals surface area contributed by atoms with Crippen molar-refractivity contribution in [3.63, 3.8) is 0 Å². The number of carbonyl (C=O) groups is 1. The monoisotopic (exact) mass is 445 g/mol. The Morgan fingerprint density at radius 2 is 2.00 bits per heavy atom. The number of nitrogens with zero attached hydrogens (tertiary/aromatic N) is 5. The standard InChI is InChI=1S/C18H21F2N5O2S.ClH/c1-23(2)6-5-7-25(17(26)12-10-24(3)22-16(12)27-4)18-21-15-13(20)8-11(19)9-14(15)28-18;/h8-10H,5-7H2,1-4H3;1H. The molecule has 11 heteroatoms. The van der Waals surface area contributed by atoms with Gasteiger partial charge in [0.25, 0.3) is 5.91 Å². The normalized spacial score (nSPS) is 11.0. The average molecular weight is 446 g/mol. The van der Waals surface area contributed by atoms with Crippen molar-refractivity contribution in [2.45, 2.75) is 6.42 Å². The van der Waals surface area contributed by atoms with Crippen LogP contribution in [0.5, 0.6) is 5.88 Å². The van der Waals surface area contributed by atoms with Gasteiger partial charge >= 0.3 is 0 Å². The molecule has 3 aromatic rings. The Hall–Kier alpha value is -2.30. The number of hydrogen-bond acceptors (Lipinski definition) is 6. The zero-order chi connectivity index (χ0) is 20.4. The summed E-state index contributed by atoms with van der Waals surface area (Å²) in [6.07, 6.45) is 2.24. The molecule has 3 rings (SSSR count). The van der Waals surface area contributed by atoms with E-state index in [1.807, 2.05) is 19.0 Å². The Kier molecular flexibility index (Phi) is 7.50. The smallest absolute Gasteiger partial charge is 0.267 e. The zero-order valence-electron chi connectivity index (χ0n) is 16.5. The van der Waals surface area contributed by atoms with E-state index in [1.165, 1.54) is 22.8 Å². The molecule has 0 fully saturated rings.